The van der Waals surface area contributed by atoms with E-state index in [2.05, 4.69) is 4.90 Å². The molecule has 0 aromatic heterocycles. The summed E-state index contributed by atoms with van der Waals surface area (Å²) in [4.78, 5) is 26.8. The van der Waals surface area contributed by atoms with Crippen molar-refractivity contribution >= 4 is 21.9 Å². The van der Waals surface area contributed by atoms with Gasteiger partial charge >= 0.3 is 5.97 Å². The predicted octanol–water partition coefficient (Wildman–Crippen LogP) is 2.58. The first-order chi connectivity index (χ1) is 16.8. The Kier molecular flexibility index (Phi) is 7.60. The first-order valence-corrected chi connectivity index (χ1v) is 12.7. The van der Waals surface area contributed by atoms with Gasteiger partial charge in [-0.2, -0.15) is 4.31 Å². The van der Waals surface area contributed by atoms with Gasteiger partial charge in [0.1, 0.15) is 0 Å². The Balaban J connectivity index is 1.44. The van der Waals surface area contributed by atoms with Crippen molar-refractivity contribution in [2.75, 3.05) is 26.2 Å². The number of rotatable bonds is 8. The number of carbonyl (C=O) groups is 2. The summed E-state index contributed by atoms with van der Waals surface area (Å²) in [5, 5.41) is 0. The van der Waals surface area contributed by atoms with Crippen molar-refractivity contribution in [2.45, 2.75) is 17.5 Å². The molecule has 1 aliphatic heterocycles. The number of nitrogens with two attached hydrogens (primary N) is 1. The van der Waals surface area contributed by atoms with E-state index in [0.717, 1.165) is 6.54 Å². The average Bonchev–Trinajstić information content (AvgIpc) is 2.88. The minimum atomic E-state index is -3.80. The maximum absolute atomic E-state index is 13.3. The van der Waals surface area contributed by atoms with E-state index in [1.165, 1.54) is 34.1 Å². The van der Waals surface area contributed by atoms with E-state index in [4.69, 9.17) is 10.5 Å². The van der Waals surface area contributed by atoms with Crippen LogP contribution < -0.4 is 5.73 Å². The number of carbonyl (C=O) groups excluding carboxylic acids is 2. The van der Waals surface area contributed by atoms with Gasteiger partial charge in [-0.05, 0) is 23.8 Å². The van der Waals surface area contributed by atoms with Crippen LogP contribution in [0.15, 0.2) is 89.8 Å². The summed E-state index contributed by atoms with van der Waals surface area (Å²) in [5.41, 5.74) is 7.07. The quantitative estimate of drug-likeness (QED) is 0.483. The fraction of sp³-hybridized carbons (Fsp3) is 0.231. The molecule has 1 unspecified atom stereocenters. The number of amides is 1. The van der Waals surface area contributed by atoms with Crippen LogP contribution in [0.4, 0.5) is 0 Å². The molecule has 8 nitrogen and oxygen atoms in total. The van der Waals surface area contributed by atoms with Crippen LogP contribution >= 0.6 is 0 Å². The van der Waals surface area contributed by atoms with Gasteiger partial charge in [0.25, 0.3) is 5.91 Å². The molecule has 35 heavy (non-hydrogen) atoms. The number of ether oxygens (including phenoxy) is 1. The first kappa shape index (κ1) is 24.6. The van der Waals surface area contributed by atoms with Crippen LogP contribution in [0.1, 0.15) is 27.6 Å². The molecule has 0 radical (unpaired) electrons. The van der Waals surface area contributed by atoms with Gasteiger partial charge in [0.05, 0.1) is 10.5 Å². The average molecular weight is 494 g/mol. The third-order valence-electron chi connectivity index (χ3n) is 5.87. The van der Waals surface area contributed by atoms with Crippen molar-refractivity contribution in [3.8, 4) is 0 Å². The fourth-order valence-electron chi connectivity index (χ4n) is 4.00. The minimum Gasteiger partial charge on any atom is -0.444 e. The molecular weight excluding hydrogens is 466 g/mol. The number of benzene rings is 3. The number of sulfonamides is 1. The van der Waals surface area contributed by atoms with Gasteiger partial charge < -0.3 is 10.5 Å². The molecule has 1 saturated heterocycles. The highest BCUT2D eigenvalue weighted by atomic mass is 32.2. The molecule has 182 valence electrons. The molecule has 0 saturated carbocycles. The summed E-state index contributed by atoms with van der Waals surface area (Å²) >= 11 is 0. The second-order valence-corrected chi connectivity index (χ2v) is 10.2. The van der Waals surface area contributed by atoms with Crippen LogP contribution in [-0.2, 0) is 26.1 Å². The molecule has 1 atom stereocenters. The van der Waals surface area contributed by atoms with Gasteiger partial charge in [-0.1, -0.05) is 66.7 Å². The van der Waals surface area contributed by atoms with Gasteiger partial charge in [-0.25, -0.2) is 13.2 Å². The van der Waals surface area contributed by atoms with E-state index in [-0.39, 0.29) is 10.5 Å². The Morgan fingerprint density at radius 3 is 2.11 bits per heavy atom. The predicted molar refractivity (Wildman–Crippen MR) is 131 cm³/mol. The molecule has 1 fully saturated rings. The molecule has 0 spiro atoms. The second-order valence-electron chi connectivity index (χ2n) is 8.29. The molecule has 1 amide bonds. The topological polar surface area (TPSA) is 110 Å². The van der Waals surface area contributed by atoms with E-state index in [9.17, 15) is 18.0 Å². The van der Waals surface area contributed by atoms with Crippen molar-refractivity contribution in [2.24, 2.45) is 5.73 Å². The zero-order valence-electron chi connectivity index (χ0n) is 19.1. The Morgan fingerprint density at radius 2 is 1.49 bits per heavy atom. The van der Waals surface area contributed by atoms with Crippen molar-refractivity contribution in [1.29, 1.82) is 0 Å². The molecule has 1 aliphatic rings. The Labute approximate surface area is 205 Å². The number of primary amides is 1. The maximum Gasteiger partial charge on any atom is 0.339 e. The van der Waals surface area contributed by atoms with Crippen LogP contribution in [0.2, 0.25) is 0 Å². The summed E-state index contributed by atoms with van der Waals surface area (Å²) in [6.45, 7) is 2.67. The molecule has 4 rings (SSSR count). The third-order valence-corrected chi connectivity index (χ3v) is 7.77. The standard InChI is InChI=1S/C26H27N3O5S/c27-25(30)24(21-10-5-2-6-11-21)34-26(31)22-12-7-13-23(18-22)35(32,33)29-16-14-28(15-17-29)19-20-8-3-1-4-9-20/h1-13,18,24H,14-17,19H2,(H2,27,30). The van der Waals surface area contributed by atoms with Crippen LogP contribution in [0.5, 0.6) is 0 Å². The third kappa shape index (κ3) is 5.94. The lowest BCUT2D eigenvalue weighted by Gasteiger charge is -2.34. The zero-order chi connectivity index (χ0) is 24.8. The Morgan fingerprint density at radius 1 is 0.857 bits per heavy atom. The van der Waals surface area contributed by atoms with Gasteiger partial charge in [0.15, 0.2) is 0 Å². The number of nitrogens with zero attached hydrogens (tertiary/aromatic N) is 2. The molecule has 3 aromatic rings. The monoisotopic (exact) mass is 493 g/mol. The van der Waals surface area contributed by atoms with E-state index in [0.29, 0.717) is 31.7 Å². The van der Waals surface area contributed by atoms with Crippen LogP contribution in [0, 0.1) is 0 Å². The number of piperazine rings is 1. The van der Waals surface area contributed by atoms with Crippen molar-refractivity contribution in [1.82, 2.24) is 9.21 Å². The minimum absolute atomic E-state index is 0.00112. The number of hydrogen-bond donors (Lipinski definition) is 1. The lowest BCUT2D eigenvalue weighted by atomic mass is 10.1. The van der Waals surface area contributed by atoms with E-state index in [1.54, 1.807) is 30.3 Å². The van der Waals surface area contributed by atoms with Gasteiger partial charge in [-0.15, -0.1) is 0 Å². The zero-order valence-corrected chi connectivity index (χ0v) is 19.9. The van der Waals surface area contributed by atoms with Gasteiger partial charge in [0, 0.05) is 38.3 Å². The SMILES string of the molecule is NC(=O)C(OC(=O)c1cccc(S(=O)(=O)N2CCN(Cc3ccccc3)CC2)c1)c1ccccc1. The largest absolute Gasteiger partial charge is 0.444 e. The Hall–Kier alpha value is -3.53. The van der Waals surface area contributed by atoms with Crippen LogP contribution in [-0.4, -0.2) is 55.7 Å². The fourth-order valence-corrected chi connectivity index (χ4v) is 5.46. The van der Waals surface area contributed by atoms with Gasteiger partial charge in [-0.3, -0.25) is 9.69 Å². The van der Waals surface area contributed by atoms with Crippen LogP contribution in [0.25, 0.3) is 0 Å². The highest BCUT2D eigenvalue weighted by molar-refractivity contribution is 7.89. The number of esters is 1. The molecule has 2 N–H and O–H groups in total. The normalized spacial score (nSPS) is 15.9. The molecule has 0 bridgehead atoms. The van der Waals surface area contributed by atoms with Crippen LogP contribution in [0.3, 0.4) is 0 Å². The number of hydrogen-bond acceptors (Lipinski definition) is 6. The summed E-state index contributed by atoms with van der Waals surface area (Å²) in [5.74, 6) is -1.65. The van der Waals surface area contributed by atoms with E-state index in [1.807, 2.05) is 30.3 Å². The smallest absolute Gasteiger partial charge is 0.339 e. The molecule has 3 aromatic carbocycles. The summed E-state index contributed by atoms with van der Waals surface area (Å²) in [6.07, 6.45) is -1.28. The maximum atomic E-state index is 13.3. The molecular formula is C26H27N3O5S. The first-order valence-electron chi connectivity index (χ1n) is 11.3. The summed E-state index contributed by atoms with van der Waals surface area (Å²) < 4.78 is 33.3. The summed E-state index contributed by atoms with van der Waals surface area (Å²) in [7, 11) is -3.80. The van der Waals surface area contributed by atoms with Crippen molar-refractivity contribution in [3.05, 3.63) is 102 Å². The highest BCUT2D eigenvalue weighted by Crippen LogP contribution is 2.23. The van der Waals surface area contributed by atoms with E-state index < -0.39 is 28.0 Å². The lowest BCUT2D eigenvalue weighted by Crippen LogP contribution is -2.48. The highest BCUT2D eigenvalue weighted by Gasteiger charge is 2.30. The molecule has 9 heteroatoms. The van der Waals surface area contributed by atoms with Gasteiger partial charge in [0.2, 0.25) is 16.1 Å². The molecule has 0 aliphatic carbocycles. The molecule has 1 heterocycles. The lowest BCUT2D eigenvalue weighted by molar-refractivity contribution is -0.127. The van der Waals surface area contributed by atoms with E-state index >= 15 is 0 Å². The second kappa shape index (κ2) is 10.8. The summed E-state index contributed by atoms with van der Waals surface area (Å²) in [6, 6.07) is 24.1. The van der Waals surface area contributed by atoms with Crippen molar-refractivity contribution < 1.29 is 22.7 Å². The Bertz CT molecular complexity index is 1270. The van der Waals surface area contributed by atoms with Crippen molar-refractivity contribution in [3.63, 3.8) is 0 Å².